The van der Waals surface area contributed by atoms with Gasteiger partial charge in [0.05, 0.1) is 18.9 Å². The predicted octanol–water partition coefficient (Wildman–Crippen LogP) is 4.52. The summed E-state index contributed by atoms with van der Waals surface area (Å²) in [5.41, 5.74) is 0.218. The number of hydrogen-bond donors (Lipinski definition) is 1. The fraction of sp³-hybridized carbons (Fsp3) is 0.333. The first kappa shape index (κ1) is 20.5. The molecule has 0 spiro atoms. The third-order valence-corrected chi connectivity index (χ3v) is 4.23. The van der Waals surface area contributed by atoms with Crippen LogP contribution in [0.2, 0.25) is 5.15 Å². The molecule has 11 heteroatoms. The van der Waals surface area contributed by atoms with Crippen molar-refractivity contribution in [1.29, 1.82) is 0 Å². The normalized spacial score (nSPS) is 13.2. The molecule has 0 saturated heterocycles. The second-order valence-corrected chi connectivity index (χ2v) is 6.13. The van der Waals surface area contributed by atoms with Crippen molar-refractivity contribution in [2.45, 2.75) is 25.6 Å². The summed E-state index contributed by atoms with van der Waals surface area (Å²) in [4.78, 5) is 7.26. The molecule has 0 radical (unpaired) electrons. The van der Waals surface area contributed by atoms with Crippen molar-refractivity contribution in [2.75, 3.05) is 12.4 Å². The van der Waals surface area contributed by atoms with Gasteiger partial charge in [-0.15, -0.1) is 0 Å². The van der Waals surface area contributed by atoms with Crippen molar-refractivity contribution in [3.63, 3.8) is 0 Å². The van der Waals surface area contributed by atoms with Crippen LogP contribution < -0.4 is 10.1 Å². The molecule has 142 valence electrons. The van der Waals surface area contributed by atoms with Crippen molar-refractivity contribution in [2.24, 2.45) is 0 Å². The lowest BCUT2D eigenvalue weighted by Crippen LogP contribution is -2.09. The third-order valence-electron chi connectivity index (χ3n) is 3.37. The molecule has 1 heterocycles. The lowest BCUT2D eigenvalue weighted by molar-refractivity contribution is -0.137. The molecule has 0 aliphatic carbocycles. The highest BCUT2D eigenvalue weighted by Gasteiger charge is 2.34. The Morgan fingerprint density at radius 3 is 2.69 bits per heavy atom. The number of hydrogen-bond acceptors (Lipinski definition) is 6. The number of halogens is 4. The van der Waals surface area contributed by atoms with Gasteiger partial charge in [0.25, 0.3) is 0 Å². The lowest BCUT2D eigenvalue weighted by Gasteiger charge is -2.14. The van der Waals surface area contributed by atoms with Crippen molar-refractivity contribution < 1.29 is 27.0 Å². The Labute approximate surface area is 154 Å². The molecule has 26 heavy (non-hydrogen) atoms. The average molecular weight is 410 g/mol. The van der Waals surface area contributed by atoms with Crippen LogP contribution in [-0.2, 0) is 21.7 Å². The van der Waals surface area contributed by atoms with Gasteiger partial charge >= 0.3 is 6.18 Å². The number of benzene rings is 1. The van der Waals surface area contributed by atoms with E-state index < -0.39 is 25.6 Å². The maximum absolute atomic E-state index is 12.7. The number of ether oxygens (including phenoxy) is 1. The molecule has 2 unspecified atom stereocenters. The van der Waals surface area contributed by atoms with Gasteiger partial charge in [-0.25, -0.2) is 9.97 Å². The van der Waals surface area contributed by atoms with Crippen LogP contribution in [0.5, 0.6) is 5.75 Å². The number of anilines is 2. The summed E-state index contributed by atoms with van der Waals surface area (Å²) in [5, 5.41) is 2.07. The van der Waals surface area contributed by atoms with Crippen LogP contribution in [0.3, 0.4) is 0 Å². The topological polar surface area (TPSA) is 73.3 Å². The molecular formula is C15H16ClF3N3O3P. The van der Waals surface area contributed by atoms with Crippen molar-refractivity contribution in [1.82, 2.24) is 9.97 Å². The Hall–Kier alpha value is -1.83. The van der Waals surface area contributed by atoms with Crippen LogP contribution in [0.25, 0.3) is 0 Å². The zero-order valence-corrected chi connectivity index (χ0v) is 15.7. The van der Waals surface area contributed by atoms with E-state index in [0.29, 0.717) is 24.1 Å². The Morgan fingerprint density at radius 2 is 2.12 bits per heavy atom. The maximum atomic E-state index is 12.7. The fourth-order valence-corrected chi connectivity index (χ4v) is 2.69. The summed E-state index contributed by atoms with van der Waals surface area (Å²) in [7, 11) is 0.164. The molecule has 0 aliphatic heterocycles. The van der Waals surface area contributed by atoms with Gasteiger partial charge in [-0.2, -0.15) is 13.2 Å². The highest BCUT2D eigenvalue weighted by molar-refractivity contribution is 7.17. The average Bonchev–Trinajstić information content (AvgIpc) is 2.55. The number of rotatable bonds is 7. The van der Waals surface area contributed by atoms with E-state index >= 15 is 0 Å². The van der Waals surface area contributed by atoms with E-state index in [1.807, 2.05) is 0 Å². The Balaban J connectivity index is 2.21. The van der Waals surface area contributed by atoms with Gasteiger partial charge in [-0.3, -0.25) is 4.57 Å². The Bertz CT molecular complexity index is 792. The smallest absolute Gasteiger partial charge is 0.420 e. The molecule has 6 nitrogen and oxygen atoms in total. The molecule has 2 rings (SSSR count). The van der Waals surface area contributed by atoms with Gasteiger partial charge in [-0.1, -0.05) is 17.7 Å². The monoisotopic (exact) mass is 409 g/mol. The molecule has 1 N–H and O–H groups in total. The number of methoxy groups -OCH3 is 1. The van der Waals surface area contributed by atoms with Crippen LogP contribution >= 0.6 is 20.3 Å². The van der Waals surface area contributed by atoms with Crippen LogP contribution in [0.4, 0.5) is 24.8 Å². The van der Waals surface area contributed by atoms with Crippen LogP contribution in [-0.4, -0.2) is 23.2 Å². The van der Waals surface area contributed by atoms with Gasteiger partial charge in [0, 0.05) is 6.20 Å². The minimum atomic E-state index is -4.63. The molecule has 0 amide bonds. The summed E-state index contributed by atoms with van der Waals surface area (Å²) < 4.78 is 59.0. The first-order valence-electron chi connectivity index (χ1n) is 7.37. The van der Waals surface area contributed by atoms with Crippen molar-refractivity contribution >= 4 is 31.9 Å². The Morgan fingerprint density at radius 1 is 1.38 bits per heavy atom. The molecule has 2 aromatic rings. The van der Waals surface area contributed by atoms with E-state index in [-0.39, 0.29) is 12.1 Å². The van der Waals surface area contributed by atoms with Gasteiger partial charge in [-0.05, 0) is 31.0 Å². The molecular weight excluding hydrogens is 394 g/mol. The summed E-state index contributed by atoms with van der Waals surface area (Å²) in [6.45, 7) is 1.79. The van der Waals surface area contributed by atoms with Crippen molar-refractivity contribution in [3.05, 3.63) is 40.7 Å². The second kappa shape index (κ2) is 8.70. The minimum absolute atomic E-state index is 0.0966. The fourth-order valence-electron chi connectivity index (χ4n) is 2.17. The maximum Gasteiger partial charge on any atom is 0.420 e. The molecule has 1 aromatic heterocycles. The van der Waals surface area contributed by atoms with Gasteiger partial charge in [0.15, 0.2) is 8.69 Å². The van der Waals surface area contributed by atoms with E-state index in [0.717, 1.165) is 5.56 Å². The van der Waals surface area contributed by atoms with E-state index in [2.05, 4.69) is 15.3 Å². The van der Waals surface area contributed by atoms with E-state index in [9.17, 15) is 17.7 Å². The summed E-state index contributed by atoms with van der Waals surface area (Å²) in [6, 6.07) is 5.17. The molecule has 0 fully saturated rings. The zero-order chi connectivity index (χ0) is 19.3. The van der Waals surface area contributed by atoms with Gasteiger partial charge in [0.1, 0.15) is 16.5 Å². The van der Waals surface area contributed by atoms with Crippen LogP contribution in [0.15, 0.2) is 24.4 Å². The summed E-state index contributed by atoms with van der Waals surface area (Å²) in [6.07, 6.45) is -3.71. The number of nitrogens with one attached hydrogen (secondary N) is 1. The Kier molecular flexibility index (Phi) is 6.86. The highest BCUT2D eigenvalue weighted by atomic mass is 35.5. The third kappa shape index (κ3) is 5.33. The SMILES string of the molecule is COc1cc(CC(C)O[PH2]=O)ccc1Nc1ncc(C(F)(F)F)c(Cl)n1. The minimum Gasteiger partial charge on any atom is -0.495 e. The van der Waals surface area contributed by atoms with E-state index in [1.165, 1.54) is 7.11 Å². The number of nitrogens with zero attached hydrogens (tertiary/aromatic N) is 2. The van der Waals surface area contributed by atoms with E-state index in [1.54, 1.807) is 25.1 Å². The molecule has 0 aliphatic rings. The zero-order valence-electron chi connectivity index (χ0n) is 13.8. The van der Waals surface area contributed by atoms with Crippen LogP contribution in [0.1, 0.15) is 18.1 Å². The lowest BCUT2D eigenvalue weighted by atomic mass is 10.1. The summed E-state index contributed by atoms with van der Waals surface area (Å²) >= 11 is 5.59. The van der Waals surface area contributed by atoms with Crippen LogP contribution in [0, 0.1) is 0 Å². The molecule has 0 saturated carbocycles. The highest BCUT2D eigenvalue weighted by Crippen LogP contribution is 2.34. The quantitative estimate of drug-likeness (QED) is 0.535. The summed E-state index contributed by atoms with van der Waals surface area (Å²) in [5.74, 6) is 0.337. The first-order valence-corrected chi connectivity index (χ1v) is 8.69. The predicted molar refractivity (Wildman–Crippen MR) is 93.0 cm³/mol. The largest absolute Gasteiger partial charge is 0.495 e. The van der Waals surface area contributed by atoms with Gasteiger partial charge in [0.2, 0.25) is 5.95 Å². The molecule has 1 aromatic carbocycles. The second-order valence-electron chi connectivity index (χ2n) is 5.30. The van der Waals surface area contributed by atoms with Crippen molar-refractivity contribution in [3.8, 4) is 5.75 Å². The number of aromatic nitrogens is 2. The van der Waals surface area contributed by atoms with E-state index in [4.69, 9.17) is 20.9 Å². The first-order chi connectivity index (χ1) is 12.2. The van der Waals surface area contributed by atoms with Gasteiger partial charge < -0.3 is 14.6 Å². The number of alkyl halides is 3. The molecule has 2 atom stereocenters. The standard InChI is InChI=1S/C15H16ClF3N3O3P/c1-8(25-26-23)5-9-3-4-11(12(6-9)24-2)21-14-20-7-10(13(16)22-14)15(17,18)19/h3-4,6-8H,5,26H2,1-2H3,(H,20,21,22). The molecule has 0 bridgehead atoms.